The molecule has 1 aromatic carbocycles. The third-order valence-corrected chi connectivity index (χ3v) is 10.3. The van der Waals surface area contributed by atoms with Crippen LogP contribution in [0, 0.1) is 11.3 Å². The van der Waals surface area contributed by atoms with Gasteiger partial charge in [0.05, 0.1) is 6.04 Å². The molecule has 1 amide bonds. The molecule has 2 saturated heterocycles. The molecule has 1 aliphatic carbocycles. The summed E-state index contributed by atoms with van der Waals surface area (Å²) in [5.41, 5.74) is 1.54. The van der Waals surface area contributed by atoms with Crippen molar-refractivity contribution in [3.05, 3.63) is 47.5 Å². The maximum Gasteiger partial charge on any atom is 0.240 e. The van der Waals surface area contributed by atoms with Gasteiger partial charge < -0.3 is 10.2 Å². The van der Waals surface area contributed by atoms with Gasteiger partial charge in [-0.3, -0.25) is 14.4 Å². The van der Waals surface area contributed by atoms with Gasteiger partial charge in [0.25, 0.3) is 0 Å². The number of piperidine rings is 2. The van der Waals surface area contributed by atoms with Crippen LogP contribution in [0.4, 0.5) is 0 Å². The predicted molar refractivity (Wildman–Crippen MR) is 161 cm³/mol. The molecule has 0 unspecified atom stereocenters. The summed E-state index contributed by atoms with van der Waals surface area (Å²) in [6.07, 6.45) is 15.0. The Morgan fingerprint density at radius 3 is 2.30 bits per heavy atom. The minimum atomic E-state index is -0.218. The SMILES string of the molecule is CC(C)(C)N1CCC(N[C@H](Cc2ccc(Cl)cc2)C(=O)N2CCC(Cn3cncn3)(C3CCCCC3)CC2)CC1. The fourth-order valence-electron chi connectivity index (χ4n) is 7.52. The molecule has 1 atom stereocenters. The van der Waals surface area contributed by atoms with Crippen LogP contribution in [0.1, 0.15) is 84.1 Å². The van der Waals surface area contributed by atoms with Crippen molar-refractivity contribution >= 4 is 17.5 Å². The van der Waals surface area contributed by atoms with Crippen LogP contribution >= 0.6 is 11.6 Å². The molecule has 0 spiro atoms. The van der Waals surface area contributed by atoms with E-state index < -0.39 is 0 Å². The average molecular weight is 569 g/mol. The topological polar surface area (TPSA) is 66.3 Å². The Hall–Kier alpha value is -1.96. The van der Waals surface area contributed by atoms with E-state index in [1.165, 1.54) is 32.1 Å². The molecule has 5 rings (SSSR count). The first-order valence-corrected chi connectivity index (χ1v) is 16.0. The smallest absolute Gasteiger partial charge is 0.240 e. The molecule has 1 aromatic heterocycles. The Morgan fingerprint density at radius 2 is 1.70 bits per heavy atom. The molecule has 220 valence electrons. The summed E-state index contributed by atoms with van der Waals surface area (Å²) in [6, 6.07) is 8.14. The quantitative estimate of drug-likeness (QED) is 0.450. The second-order valence-electron chi connectivity index (χ2n) is 13.6. The van der Waals surface area contributed by atoms with Crippen molar-refractivity contribution in [2.75, 3.05) is 26.2 Å². The fraction of sp³-hybridized carbons (Fsp3) is 0.719. The van der Waals surface area contributed by atoms with Crippen molar-refractivity contribution in [3.63, 3.8) is 0 Å². The molecule has 0 bridgehead atoms. The number of benzene rings is 1. The van der Waals surface area contributed by atoms with Crippen molar-refractivity contribution in [2.45, 2.75) is 109 Å². The zero-order valence-corrected chi connectivity index (χ0v) is 25.6. The third-order valence-electron chi connectivity index (χ3n) is 10.0. The third kappa shape index (κ3) is 7.27. The minimum absolute atomic E-state index is 0.189. The number of aromatic nitrogens is 3. The first-order chi connectivity index (χ1) is 19.2. The van der Waals surface area contributed by atoms with E-state index in [0.717, 1.165) is 69.0 Å². The summed E-state index contributed by atoms with van der Waals surface area (Å²) in [7, 11) is 0. The summed E-state index contributed by atoms with van der Waals surface area (Å²) in [6.45, 7) is 11.6. The van der Waals surface area contributed by atoms with Gasteiger partial charge in [-0.1, -0.05) is 43.0 Å². The maximum absolute atomic E-state index is 14.2. The van der Waals surface area contributed by atoms with Gasteiger partial charge in [0, 0.05) is 49.3 Å². The Bertz CT molecular complexity index is 1060. The van der Waals surface area contributed by atoms with Crippen LogP contribution in [0.2, 0.25) is 5.02 Å². The summed E-state index contributed by atoms with van der Waals surface area (Å²) >= 11 is 6.17. The molecule has 1 saturated carbocycles. The predicted octanol–water partition coefficient (Wildman–Crippen LogP) is 5.58. The maximum atomic E-state index is 14.2. The Labute approximate surface area is 246 Å². The van der Waals surface area contributed by atoms with Gasteiger partial charge in [0.15, 0.2) is 0 Å². The highest BCUT2D eigenvalue weighted by Crippen LogP contribution is 2.47. The van der Waals surface area contributed by atoms with Crippen molar-refractivity contribution in [3.8, 4) is 0 Å². The number of amides is 1. The summed E-state index contributed by atoms with van der Waals surface area (Å²) in [4.78, 5) is 23.1. The van der Waals surface area contributed by atoms with Crippen LogP contribution < -0.4 is 5.32 Å². The van der Waals surface area contributed by atoms with E-state index in [4.69, 9.17) is 11.6 Å². The normalized spacial score (nSPS) is 22.4. The van der Waals surface area contributed by atoms with E-state index in [1.54, 1.807) is 6.33 Å². The van der Waals surface area contributed by atoms with Crippen molar-refractivity contribution < 1.29 is 4.79 Å². The Morgan fingerprint density at radius 1 is 1.02 bits per heavy atom. The minimum Gasteiger partial charge on any atom is -0.341 e. The highest BCUT2D eigenvalue weighted by atomic mass is 35.5. The number of halogens is 1. The summed E-state index contributed by atoms with van der Waals surface area (Å²) < 4.78 is 2.03. The number of hydrogen-bond donors (Lipinski definition) is 1. The van der Waals surface area contributed by atoms with Gasteiger partial charge in [-0.2, -0.15) is 5.10 Å². The molecule has 8 heteroatoms. The molecule has 7 nitrogen and oxygen atoms in total. The molecule has 2 aliphatic heterocycles. The number of hydrogen-bond acceptors (Lipinski definition) is 5. The second kappa shape index (κ2) is 12.9. The van der Waals surface area contributed by atoms with E-state index in [-0.39, 0.29) is 22.9 Å². The molecule has 1 N–H and O–H groups in total. The summed E-state index contributed by atoms with van der Waals surface area (Å²) in [5.74, 6) is 0.963. The lowest BCUT2D eigenvalue weighted by molar-refractivity contribution is -0.137. The molecule has 0 radical (unpaired) electrons. The van der Waals surface area contributed by atoms with Crippen LogP contribution in [-0.2, 0) is 17.8 Å². The van der Waals surface area contributed by atoms with E-state index in [9.17, 15) is 4.79 Å². The average Bonchev–Trinajstić information content (AvgIpc) is 3.47. The van der Waals surface area contributed by atoms with Gasteiger partial charge in [0.1, 0.15) is 12.7 Å². The van der Waals surface area contributed by atoms with Crippen molar-refractivity contribution in [1.82, 2.24) is 29.9 Å². The molecular weight excluding hydrogens is 520 g/mol. The largest absolute Gasteiger partial charge is 0.341 e. The fourth-order valence-corrected chi connectivity index (χ4v) is 7.64. The Kier molecular flexibility index (Phi) is 9.53. The van der Waals surface area contributed by atoms with Gasteiger partial charge >= 0.3 is 0 Å². The van der Waals surface area contributed by atoms with E-state index in [1.807, 2.05) is 23.1 Å². The first kappa shape index (κ1) is 29.5. The number of likely N-dealkylation sites (tertiary alicyclic amines) is 2. The zero-order valence-electron chi connectivity index (χ0n) is 24.8. The van der Waals surface area contributed by atoms with Crippen molar-refractivity contribution in [1.29, 1.82) is 0 Å². The van der Waals surface area contributed by atoms with Gasteiger partial charge in [-0.05, 0) is 94.7 Å². The monoisotopic (exact) mass is 568 g/mol. The lowest BCUT2D eigenvalue weighted by Crippen LogP contribution is -2.57. The second-order valence-corrected chi connectivity index (χ2v) is 14.0. The number of carbonyl (C=O) groups excluding carboxylic acids is 1. The molecule has 3 aliphatic rings. The van der Waals surface area contributed by atoms with Crippen LogP contribution in [0.15, 0.2) is 36.9 Å². The first-order valence-electron chi connectivity index (χ1n) is 15.6. The van der Waals surface area contributed by atoms with Gasteiger partial charge in [-0.25, -0.2) is 4.98 Å². The van der Waals surface area contributed by atoms with E-state index in [0.29, 0.717) is 18.4 Å². The van der Waals surface area contributed by atoms with Gasteiger partial charge in [0.2, 0.25) is 5.91 Å². The lowest BCUT2D eigenvalue weighted by atomic mass is 9.63. The van der Waals surface area contributed by atoms with Crippen molar-refractivity contribution in [2.24, 2.45) is 11.3 Å². The molecule has 2 aromatic rings. The number of rotatable bonds is 8. The molecular formula is C32H49ClN6O. The molecule has 3 heterocycles. The van der Waals surface area contributed by atoms with E-state index in [2.05, 4.69) is 58.1 Å². The van der Waals surface area contributed by atoms with Crippen LogP contribution in [0.3, 0.4) is 0 Å². The van der Waals surface area contributed by atoms with Crippen LogP contribution in [0.5, 0.6) is 0 Å². The van der Waals surface area contributed by atoms with Crippen LogP contribution in [-0.4, -0.2) is 74.3 Å². The van der Waals surface area contributed by atoms with Gasteiger partial charge in [-0.15, -0.1) is 0 Å². The number of carbonyl (C=O) groups is 1. The standard InChI is InChI=1S/C32H49ClN6O/c1-31(2,3)38-17-13-28(14-18-38)36-29(21-25-9-11-27(33)12-10-25)30(40)37-19-15-32(16-20-37,22-39-24-34-23-35-39)26-7-5-4-6-8-26/h9-12,23-24,26,28-29,36H,4-8,13-22H2,1-3H3/t29-/m1/s1. The molecule has 3 fully saturated rings. The van der Waals surface area contributed by atoms with Crippen LogP contribution in [0.25, 0.3) is 0 Å². The molecule has 40 heavy (non-hydrogen) atoms. The number of nitrogens with one attached hydrogen (secondary N) is 1. The highest BCUT2D eigenvalue weighted by Gasteiger charge is 2.44. The summed E-state index contributed by atoms with van der Waals surface area (Å²) in [5, 5.41) is 9.04. The zero-order chi connectivity index (χ0) is 28.2. The lowest BCUT2D eigenvalue weighted by Gasteiger charge is -2.48. The highest BCUT2D eigenvalue weighted by molar-refractivity contribution is 6.30. The van der Waals surface area contributed by atoms with E-state index >= 15 is 0 Å². The Balaban J connectivity index is 1.27. The number of nitrogens with zero attached hydrogens (tertiary/aromatic N) is 5.